The van der Waals surface area contributed by atoms with Gasteiger partial charge in [0.15, 0.2) is 0 Å². The van der Waals surface area contributed by atoms with Crippen LogP contribution in [0.2, 0.25) is 0 Å². The highest BCUT2D eigenvalue weighted by Crippen LogP contribution is 2.45. The molecule has 50 heavy (non-hydrogen) atoms. The Labute approximate surface area is 301 Å². The Balaban J connectivity index is 1.18. The second kappa shape index (κ2) is 12.9. The predicted octanol–water partition coefficient (Wildman–Crippen LogP) is 14.1. The highest BCUT2D eigenvalue weighted by Gasteiger charge is 2.19. The van der Waals surface area contributed by atoms with Gasteiger partial charge in [-0.3, -0.25) is 0 Å². The van der Waals surface area contributed by atoms with Gasteiger partial charge >= 0.3 is 0 Å². The van der Waals surface area contributed by atoms with Crippen molar-refractivity contribution in [3.8, 4) is 11.1 Å². The minimum Gasteiger partial charge on any atom is -0.310 e. The topological polar surface area (TPSA) is 6.48 Å². The first-order valence-corrected chi connectivity index (χ1v) is 18.0. The first kappa shape index (κ1) is 30.3. The molecule has 0 aliphatic rings. The van der Waals surface area contributed by atoms with Crippen molar-refractivity contribution in [2.45, 2.75) is 4.90 Å². The molecule has 0 atom stereocenters. The zero-order chi connectivity index (χ0) is 33.4. The van der Waals surface area contributed by atoms with Crippen molar-refractivity contribution in [3.05, 3.63) is 187 Å². The van der Waals surface area contributed by atoms with Gasteiger partial charge in [-0.15, -0.1) is 24.0 Å². The predicted molar refractivity (Wildman–Crippen MR) is 219 cm³/mol. The lowest BCUT2D eigenvalue weighted by molar-refractivity contribution is 1.28. The summed E-state index contributed by atoms with van der Waals surface area (Å²) in [5.41, 5.74) is 8.92. The van der Waals surface area contributed by atoms with Crippen molar-refractivity contribution in [2.75, 3.05) is 9.80 Å². The summed E-state index contributed by atoms with van der Waals surface area (Å²) >= 11 is 6.81. The van der Waals surface area contributed by atoms with Gasteiger partial charge in [-0.2, -0.15) is 0 Å². The van der Waals surface area contributed by atoms with Gasteiger partial charge in [-0.25, -0.2) is 0 Å². The van der Waals surface area contributed by atoms with Crippen molar-refractivity contribution in [3.63, 3.8) is 0 Å². The summed E-state index contributed by atoms with van der Waals surface area (Å²) in [5.74, 6) is 0. The number of para-hydroxylation sites is 2. The van der Waals surface area contributed by atoms with Crippen LogP contribution in [0.4, 0.5) is 34.1 Å². The van der Waals surface area contributed by atoms with E-state index in [9.17, 15) is 0 Å². The molecule has 0 amide bonds. The summed E-state index contributed by atoms with van der Waals surface area (Å²) < 4.78 is 1.24. The van der Waals surface area contributed by atoms with E-state index in [1.807, 2.05) is 0 Å². The summed E-state index contributed by atoms with van der Waals surface area (Å²) in [5, 5.41) is 8.37. The van der Waals surface area contributed by atoms with Crippen LogP contribution >= 0.6 is 24.0 Å². The quantitative estimate of drug-likeness (QED) is 0.168. The number of nitrogens with zero attached hydrogens (tertiary/aromatic N) is 2. The van der Waals surface area contributed by atoms with E-state index < -0.39 is 0 Å². The maximum absolute atomic E-state index is 5.04. The van der Waals surface area contributed by atoms with E-state index >= 15 is 0 Å². The maximum atomic E-state index is 5.04. The van der Waals surface area contributed by atoms with E-state index in [4.69, 9.17) is 12.6 Å². The molecule has 8 aromatic carbocycles. The Morgan fingerprint density at radius 3 is 1.40 bits per heavy atom. The van der Waals surface area contributed by atoms with Gasteiger partial charge in [0.05, 0.1) is 0 Å². The molecule has 0 spiro atoms. The average molecular weight is 677 g/mol. The average Bonchev–Trinajstić information content (AvgIpc) is 3.60. The van der Waals surface area contributed by atoms with Gasteiger partial charge in [-0.05, 0) is 117 Å². The number of rotatable bonds is 7. The zero-order valence-corrected chi connectivity index (χ0v) is 28.9. The molecule has 0 saturated heterocycles. The molecular formula is C46H32N2S2. The first-order chi connectivity index (χ1) is 24.7. The van der Waals surface area contributed by atoms with E-state index in [0.29, 0.717) is 0 Å². The summed E-state index contributed by atoms with van der Waals surface area (Å²) in [6, 6.07) is 65.1. The van der Waals surface area contributed by atoms with Crippen LogP contribution in [0.15, 0.2) is 192 Å². The summed E-state index contributed by atoms with van der Waals surface area (Å²) in [6.07, 6.45) is 0. The van der Waals surface area contributed by atoms with Gasteiger partial charge in [-0.1, -0.05) is 97.1 Å². The molecule has 238 valence electrons. The summed E-state index contributed by atoms with van der Waals surface area (Å²) in [6.45, 7) is 0. The van der Waals surface area contributed by atoms with Crippen molar-refractivity contribution < 1.29 is 0 Å². The molecule has 1 heterocycles. The van der Waals surface area contributed by atoms with Gasteiger partial charge in [0.1, 0.15) is 0 Å². The number of thiol groups is 1. The molecule has 4 heteroatoms. The van der Waals surface area contributed by atoms with Crippen LogP contribution in [-0.2, 0) is 0 Å². The van der Waals surface area contributed by atoms with Crippen molar-refractivity contribution >= 4 is 89.7 Å². The number of hydrogen-bond acceptors (Lipinski definition) is 4. The summed E-state index contributed by atoms with van der Waals surface area (Å²) in [7, 11) is 0. The van der Waals surface area contributed by atoms with E-state index in [1.165, 1.54) is 37.2 Å². The molecule has 2 nitrogen and oxygen atoms in total. The minimum atomic E-state index is 0.944. The Morgan fingerprint density at radius 1 is 0.360 bits per heavy atom. The number of fused-ring (bicyclic) bond motifs is 3. The van der Waals surface area contributed by atoms with Crippen LogP contribution < -0.4 is 9.80 Å². The van der Waals surface area contributed by atoms with Gasteiger partial charge in [0.25, 0.3) is 0 Å². The smallest absolute Gasteiger partial charge is 0.0468 e. The minimum absolute atomic E-state index is 0.944. The summed E-state index contributed by atoms with van der Waals surface area (Å²) in [4.78, 5) is 5.63. The molecule has 0 N–H and O–H groups in total. The SMILES string of the molecule is Sc1ccc(N(c2ccccc2)c2ccc3ccccc3c2)cc1-c1csc2ccc(N(c3ccccc3)c3ccc4ccccc4c3)cc12. The second-order valence-electron chi connectivity index (χ2n) is 12.4. The normalized spacial score (nSPS) is 11.3. The molecule has 1 aromatic heterocycles. The lowest BCUT2D eigenvalue weighted by Gasteiger charge is -2.27. The molecule has 0 unspecified atom stereocenters. The fourth-order valence-corrected chi connectivity index (χ4v) is 8.12. The number of benzene rings is 8. The highest BCUT2D eigenvalue weighted by atomic mass is 32.1. The van der Waals surface area contributed by atoms with Gasteiger partial charge in [0, 0.05) is 54.7 Å². The van der Waals surface area contributed by atoms with Crippen LogP contribution in [-0.4, -0.2) is 0 Å². The van der Waals surface area contributed by atoms with Gasteiger partial charge in [0.2, 0.25) is 0 Å². The molecule has 0 radical (unpaired) electrons. The molecular weight excluding hydrogens is 645 g/mol. The molecule has 0 saturated carbocycles. The molecule has 9 aromatic rings. The van der Waals surface area contributed by atoms with Crippen molar-refractivity contribution in [2.24, 2.45) is 0 Å². The largest absolute Gasteiger partial charge is 0.310 e. The third-order valence-electron chi connectivity index (χ3n) is 9.36. The number of thiophene rings is 1. The Kier molecular flexibility index (Phi) is 7.81. The lowest BCUT2D eigenvalue weighted by Crippen LogP contribution is -2.10. The molecule has 0 aliphatic carbocycles. The van der Waals surface area contributed by atoms with Crippen LogP contribution in [0, 0.1) is 0 Å². The Morgan fingerprint density at radius 2 is 0.820 bits per heavy atom. The molecule has 0 aliphatic heterocycles. The third-order valence-corrected chi connectivity index (χ3v) is 10.7. The highest BCUT2D eigenvalue weighted by molar-refractivity contribution is 7.80. The first-order valence-electron chi connectivity index (χ1n) is 16.7. The Bertz CT molecular complexity index is 2630. The number of anilines is 6. The fourth-order valence-electron chi connectivity index (χ4n) is 6.92. The third kappa shape index (κ3) is 5.59. The van der Waals surface area contributed by atoms with Crippen molar-refractivity contribution in [1.29, 1.82) is 0 Å². The van der Waals surface area contributed by atoms with Crippen LogP contribution in [0.5, 0.6) is 0 Å². The molecule has 0 bridgehead atoms. The fraction of sp³-hybridized carbons (Fsp3) is 0. The van der Waals surface area contributed by atoms with E-state index in [0.717, 1.165) is 44.6 Å². The van der Waals surface area contributed by atoms with Crippen LogP contribution in [0.25, 0.3) is 42.8 Å². The molecule has 0 fully saturated rings. The monoisotopic (exact) mass is 676 g/mol. The second-order valence-corrected chi connectivity index (χ2v) is 13.8. The van der Waals surface area contributed by atoms with Gasteiger partial charge < -0.3 is 9.80 Å². The van der Waals surface area contributed by atoms with Crippen molar-refractivity contribution in [1.82, 2.24) is 0 Å². The zero-order valence-electron chi connectivity index (χ0n) is 27.1. The van der Waals surface area contributed by atoms with E-state index in [1.54, 1.807) is 11.3 Å². The number of hydrogen-bond donors (Lipinski definition) is 1. The van der Waals surface area contributed by atoms with Crippen LogP contribution in [0.3, 0.4) is 0 Å². The standard InChI is InChI=1S/C46H32N2S2/c49-45-25-23-40(47(36-15-3-1-4-16-36)38-21-19-32-11-7-9-13-34(32)27-38)29-42(45)44-31-50-46-26-24-41(30-43(44)46)48(37-17-5-2-6-18-37)39-22-20-33-12-8-10-14-35(33)28-39/h1-31,49H. The Hall–Kier alpha value is -5.81. The van der Waals surface area contributed by atoms with E-state index in [-0.39, 0.29) is 0 Å². The lowest BCUT2D eigenvalue weighted by atomic mass is 10.0. The van der Waals surface area contributed by atoms with E-state index in [2.05, 4.69) is 197 Å². The van der Waals surface area contributed by atoms with Crippen LogP contribution in [0.1, 0.15) is 0 Å². The molecule has 9 rings (SSSR count). The maximum Gasteiger partial charge on any atom is 0.0468 e.